The average Bonchev–Trinajstić information content (AvgIpc) is 2.97. The van der Waals surface area contributed by atoms with Crippen molar-refractivity contribution < 1.29 is 9.50 Å². The van der Waals surface area contributed by atoms with Gasteiger partial charge in [0.1, 0.15) is 5.82 Å². The van der Waals surface area contributed by atoms with Crippen molar-refractivity contribution in [2.45, 2.75) is 18.6 Å². The predicted molar refractivity (Wildman–Crippen MR) is 89.5 cm³/mol. The first-order valence-electron chi connectivity index (χ1n) is 7.81. The van der Waals surface area contributed by atoms with E-state index in [2.05, 4.69) is 9.97 Å². The molecular formula is C18H16FN3O2. The lowest BCUT2D eigenvalue weighted by Crippen LogP contribution is -2.28. The molecular weight excluding hydrogens is 309 g/mol. The van der Waals surface area contributed by atoms with E-state index in [1.807, 2.05) is 17.0 Å². The van der Waals surface area contributed by atoms with E-state index in [9.17, 15) is 14.3 Å². The van der Waals surface area contributed by atoms with Crippen LogP contribution in [-0.4, -0.2) is 27.7 Å². The molecule has 1 aliphatic heterocycles. The van der Waals surface area contributed by atoms with E-state index in [-0.39, 0.29) is 17.4 Å². The number of halogens is 1. The van der Waals surface area contributed by atoms with Gasteiger partial charge in [-0.15, -0.1) is 0 Å². The molecule has 6 heteroatoms. The molecule has 0 spiro atoms. The summed E-state index contributed by atoms with van der Waals surface area (Å²) in [7, 11) is 0. The van der Waals surface area contributed by atoms with Crippen molar-refractivity contribution in [3.63, 3.8) is 0 Å². The predicted octanol–water partition coefficient (Wildman–Crippen LogP) is 2.37. The van der Waals surface area contributed by atoms with Gasteiger partial charge in [-0.25, -0.2) is 9.37 Å². The Labute approximate surface area is 137 Å². The molecule has 1 aromatic heterocycles. The summed E-state index contributed by atoms with van der Waals surface area (Å²) in [6.45, 7) is 0.336. The van der Waals surface area contributed by atoms with Gasteiger partial charge in [-0.05, 0) is 36.2 Å². The summed E-state index contributed by atoms with van der Waals surface area (Å²) in [6.07, 6.45) is -0.102. The molecule has 1 aliphatic rings. The number of anilines is 1. The molecule has 0 bridgehead atoms. The maximum atomic E-state index is 13.6. The molecule has 0 amide bonds. The van der Waals surface area contributed by atoms with E-state index in [0.717, 1.165) is 5.56 Å². The Bertz CT molecular complexity index is 956. The minimum Gasteiger partial charge on any atom is -0.391 e. The Kier molecular flexibility index (Phi) is 3.54. The first-order chi connectivity index (χ1) is 11.6. The summed E-state index contributed by atoms with van der Waals surface area (Å²) in [5.74, 6) is 0.0679. The number of para-hydroxylation sites is 1. The fourth-order valence-electron chi connectivity index (χ4n) is 3.29. The van der Waals surface area contributed by atoms with Crippen LogP contribution in [0.3, 0.4) is 0 Å². The van der Waals surface area contributed by atoms with E-state index in [0.29, 0.717) is 29.8 Å². The first-order valence-corrected chi connectivity index (χ1v) is 7.81. The molecule has 1 saturated heterocycles. The molecule has 0 radical (unpaired) electrons. The summed E-state index contributed by atoms with van der Waals surface area (Å²) in [6, 6.07) is 13.2. The van der Waals surface area contributed by atoms with E-state index in [1.165, 1.54) is 12.1 Å². The highest BCUT2D eigenvalue weighted by Crippen LogP contribution is 2.34. The Balaban J connectivity index is 1.80. The number of hydrogen-bond donors (Lipinski definition) is 2. The van der Waals surface area contributed by atoms with Gasteiger partial charge < -0.3 is 10.0 Å². The lowest BCUT2D eigenvalue weighted by Gasteiger charge is -2.25. The normalized spacial score (nSPS) is 20.7. The second kappa shape index (κ2) is 5.72. The number of fused-ring (bicyclic) bond motifs is 1. The molecule has 24 heavy (non-hydrogen) atoms. The zero-order valence-electron chi connectivity index (χ0n) is 12.8. The van der Waals surface area contributed by atoms with Crippen LogP contribution in [0.2, 0.25) is 0 Å². The van der Waals surface area contributed by atoms with Crippen LogP contribution in [0.15, 0.2) is 53.3 Å². The van der Waals surface area contributed by atoms with Crippen LogP contribution in [0.5, 0.6) is 0 Å². The number of β-amino-alcohol motifs (C(OH)–C–C–N with tert-alkyl or cyclic N) is 1. The molecule has 3 aromatic rings. The molecule has 2 atom stereocenters. The number of aromatic nitrogens is 2. The molecule has 2 aromatic carbocycles. The Morgan fingerprint density at radius 3 is 2.88 bits per heavy atom. The van der Waals surface area contributed by atoms with Gasteiger partial charge >= 0.3 is 0 Å². The van der Waals surface area contributed by atoms with E-state index >= 15 is 0 Å². The van der Waals surface area contributed by atoms with Crippen molar-refractivity contribution in [2.24, 2.45) is 0 Å². The van der Waals surface area contributed by atoms with Crippen molar-refractivity contribution in [3.8, 4) is 0 Å². The Morgan fingerprint density at radius 2 is 2.04 bits per heavy atom. The number of H-pyrrole nitrogens is 1. The molecule has 4 rings (SSSR count). The summed E-state index contributed by atoms with van der Waals surface area (Å²) in [5, 5.41) is 10.6. The van der Waals surface area contributed by atoms with Gasteiger partial charge in [0.2, 0.25) is 5.95 Å². The molecule has 0 saturated carbocycles. The number of nitrogens with one attached hydrogen (secondary N) is 1. The highest BCUT2D eigenvalue weighted by atomic mass is 19.1. The number of aliphatic hydroxyl groups excluding tert-OH is 1. The maximum Gasteiger partial charge on any atom is 0.260 e. The van der Waals surface area contributed by atoms with Crippen LogP contribution in [-0.2, 0) is 0 Å². The summed E-state index contributed by atoms with van der Waals surface area (Å²) in [4.78, 5) is 21.4. The van der Waals surface area contributed by atoms with Gasteiger partial charge in [0.15, 0.2) is 0 Å². The third-order valence-corrected chi connectivity index (χ3v) is 4.38. The zero-order valence-corrected chi connectivity index (χ0v) is 12.8. The molecule has 1 fully saturated rings. The summed E-state index contributed by atoms with van der Waals surface area (Å²) in [5.41, 5.74) is 1.12. The van der Waals surface area contributed by atoms with Gasteiger partial charge in [-0.1, -0.05) is 24.3 Å². The van der Waals surface area contributed by atoms with E-state index in [1.54, 1.807) is 24.3 Å². The molecule has 2 unspecified atom stereocenters. The third-order valence-electron chi connectivity index (χ3n) is 4.38. The van der Waals surface area contributed by atoms with E-state index in [4.69, 9.17) is 0 Å². The van der Waals surface area contributed by atoms with Crippen molar-refractivity contribution >= 4 is 16.9 Å². The smallest absolute Gasteiger partial charge is 0.260 e. The molecule has 5 nitrogen and oxygen atoms in total. The first kappa shape index (κ1) is 14.8. The van der Waals surface area contributed by atoms with Crippen LogP contribution in [0.4, 0.5) is 10.3 Å². The Morgan fingerprint density at radius 1 is 1.21 bits per heavy atom. The fraction of sp³-hybridized carbons (Fsp3) is 0.222. The van der Waals surface area contributed by atoms with Gasteiger partial charge in [-0.3, -0.25) is 9.78 Å². The summed E-state index contributed by atoms with van der Waals surface area (Å²) < 4.78 is 13.6. The number of nitrogens with zero attached hydrogens (tertiary/aromatic N) is 2. The minimum absolute atomic E-state index is 0.227. The van der Waals surface area contributed by atoms with Gasteiger partial charge in [0.25, 0.3) is 5.56 Å². The minimum atomic E-state index is -0.560. The highest BCUT2D eigenvalue weighted by molar-refractivity contribution is 5.78. The third kappa shape index (κ3) is 2.55. The quantitative estimate of drug-likeness (QED) is 0.759. The van der Waals surface area contributed by atoms with E-state index < -0.39 is 6.10 Å². The maximum absolute atomic E-state index is 13.6. The number of aromatic amines is 1. The van der Waals surface area contributed by atoms with Crippen LogP contribution in [0.1, 0.15) is 18.0 Å². The highest BCUT2D eigenvalue weighted by Gasteiger charge is 2.34. The zero-order chi connectivity index (χ0) is 16.7. The number of rotatable bonds is 2. The van der Waals surface area contributed by atoms with Crippen LogP contribution < -0.4 is 10.5 Å². The standard InChI is InChI=1S/C18H16FN3O2/c19-12-5-3-4-11(8-12)16-9-13(23)10-22(16)18-20-15-7-2-1-6-14(15)17(24)21-18/h1-8,13,16,23H,9-10H2,(H,20,21,24). The Hall–Kier alpha value is -2.73. The number of benzene rings is 2. The monoisotopic (exact) mass is 325 g/mol. The van der Waals surface area contributed by atoms with Crippen LogP contribution >= 0.6 is 0 Å². The van der Waals surface area contributed by atoms with Crippen LogP contribution in [0.25, 0.3) is 10.9 Å². The van der Waals surface area contributed by atoms with Crippen molar-refractivity contribution in [1.29, 1.82) is 0 Å². The van der Waals surface area contributed by atoms with Crippen molar-refractivity contribution in [2.75, 3.05) is 11.4 Å². The van der Waals surface area contributed by atoms with Gasteiger partial charge in [-0.2, -0.15) is 0 Å². The number of aliphatic hydroxyl groups is 1. The number of hydrogen-bond acceptors (Lipinski definition) is 4. The van der Waals surface area contributed by atoms with Crippen LogP contribution in [0, 0.1) is 5.82 Å². The lowest BCUT2D eigenvalue weighted by molar-refractivity contribution is 0.194. The second-order valence-corrected chi connectivity index (χ2v) is 6.02. The topological polar surface area (TPSA) is 69.2 Å². The molecule has 0 aliphatic carbocycles. The SMILES string of the molecule is O=c1[nH]c(N2CC(O)CC2c2cccc(F)c2)nc2ccccc12. The van der Waals surface area contributed by atoms with Gasteiger partial charge in [0.05, 0.1) is 23.0 Å². The average molecular weight is 325 g/mol. The lowest BCUT2D eigenvalue weighted by atomic mass is 10.0. The second-order valence-electron chi connectivity index (χ2n) is 6.02. The fourth-order valence-corrected chi connectivity index (χ4v) is 3.29. The molecule has 122 valence electrons. The van der Waals surface area contributed by atoms with Crippen molar-refractivity contribution in [1.82, 2.24) is 9.97 Å². The van der Waals surface area contributed by atoms with Gasteiger partial charge in [0, 0.05) is 6.54 Å². The molecule has 2 N–H and O–H groups in total. The van der Waals surface area contributed by atoms with Crippen molar-refractivity contribution in [3.05, 3.63) is 70.3 Å². The summed E-state index contributed by atoms with van der Waals surface area (Å²) >= 11 is 0. The molecule has 2 heterocycles. The largest absolute Gasteiger partial charge is 0.391 e.